The second-order valence-electron chi connectivity index (χ2n) is 3.43. The highest BCUT2D eigenvalue weighted by Crippen LogP contribution is 2.27. The predicted molar refractivity (Wildman–Crippen MR) is 54.5 cm³/mol. The van der Waals surface area contributed by atoms with E-state index < -0.39 is 10.0 Å². The molecule has 1 rings (SSSR count). The van der Waals surface area contributed by atoms with Gasteiger partial charge in [-0.2, -0.15) is 0 Å². The van der Waals surface area contributed by atoms with Gasteiger partial charge in [-0.15, -0.1) is 11.6 Å². The fourth-order valence-corrected chi connectivity index (χ4v) is 2.56. The number of hydrogen-bond acceptors (Lipinski definition) is 2. The number of halogens is 1. The number of nitrogens with one attached hydrogen (secondary N) is 1. The molecule has 0 heterocycles. The molecule has 1 aliphatic rings. The van der Waals surface area contributed by atoms with Crippen LogP contribution in [0.25, 0.3) is 0 Å². The van der Waals surface area contributed by atoms with Crippen LogP contribution in [-0.4, -0.2) is 25.6 Å². The van der Waals surface area contributed by atoms with Crippen molar-refractivity contribution in [1.82, 2.24) is 4.72 Å². The van der Waals surface area contributed by atoms with Gasteiger partial charge in [-0.3, -0.25) is 0 Å². The summed E-state index contributed by atoms with van der Waals surface area (Å²) in [5.74, 6) is 0. The molecule has 0 aliphatic heterocycles. The summed E-state index contributed by atoms with van der Waals surface area (Å²) >= 11 is 5.85. The fourth-order valence-electron chi connectivity index (χ4n) is 1.06. The van der Waals surface area contributed by atoms with Gasteiger partial charge in [-0.1, -0.05) is 6.92 Å². The topological polar surface area (TPSA) is 46.2 Å². The van der Waals surface area contributed by atoms with Crippen molar-refractivity contribution < 1.29 is 8.42 Å². The van der Waals surface area contributed by atoms with Gasteiger partial charge in [-0.25, -0.2) is 13.1 Å². The highest BCUT2D eigenvalue weighted by Gasteiger charge is 2.35. The molecule has 0 aromatic carbocycles. The molecule has 1 aliphatic carbocycles. The first-order valence-electron chi connectivity index (χ1n) is 4.69. The van der Waals surface area contributed by atoms with E-state index in [2.05, 4.69) is 4.72 Å². The maximum atomic E-state index is 11.3. The SMILES string of the molecule is CCC(Cl)CCNS(=O)(=O)C1CC1. The molecule has 0 amide bonds. The van der Waals surface area contributed by atoms with Gasteiger partial charge in [0.2, 0.25) is 10.0 Å². The van der Waals surface area contributed by atoms with Gasteiger partial charge in [0.25, 0.3) is 0 Å². The van der Waals surface area contributed by atoms with Gasteiger partial charge in [0.1, 0.15) is 0 Å². The molecule has 13 heavy (non-hydrogen) atoms. The lowest BCUT2D eigenvalue weighted by molar-refractivity contribution is 0.575. The van der Waals surface area contributed by atoms with Crippen LogP contribution in [0.2, 0.25) is 0 Å². The van der Waals surface area contributed by atoms with Crippen LogP contribution in [-0.2, 0) is 10.0 Å². The first-order chi connectivity index (χ1) is 6.06. The van der Waals surface area contributed by atoms with Gasteiger partial charge in [-0.05, 0) is 25.7 Å². The van der Waals surface area contributed by atoms with Crippen LogP contribution < -0.4 is 4.72 Å². The van der Waals surface area contributed by atoms with Crippen LogP contribution in [0.15, 0.2) is 0 Å². The summed E-state index contributed by atoms with van der Waals surface area (Å²) in [6, 6.07) is 0. The van der Waals surface area contributed by atoms with Crippen molar-refractivity contribution in [3.63, 3.8) is 0 Å². The Morgan fingerprint density at radius 2 is 2.15 bits per heavy atom. The molecule has 0 radical (unpaired) electrons. The van der Waals surface area contributed by atoms with Crippen molar-refractivity contribution in [2.75, 3.05) is 6.54 Å². The average molecular weight is 226 g/mol. The van der Waals surface area contributed by atoms with E-state index in [1.54, 1.807) is 0 Å². The predicted octanol–water partition coefficient (Wildman–Crippen LogP) is 1.48. The van der Waals surface area contributed by atoms with Gasteiger partial charge in [0.15, 0.2) is 0 Å². The minimum absolute atomic E-state index is 0.0851. The summed E-state index contributed by atoms with van der Waals surface area (Å²) in [7, 11) is -3.00. The Morgan fingerprint density at radius 1 is 1.54 bits per heavy atom. The Balaban J connectivity index is 2.18. The third-order valence-corrected chi connectivity index (χ3v) is 4.65. The molecule has 0 aromatic rings. The maximum Gasteiger partial charge on any atom is 0.214 e. The Bertz CT molecular complexity index is 249. The van der Waals surface area contributed by atoms with Gasteiger partial charge >= 0.3 is 0 Å². The maximum absolute atomic E-state index is 11.3. The van der Waals surface area contributed by atoms with Crippen LogP contribution in [0.3, 0.4) is 0 Å². The van der Waals surface area contributed by atoms with E-state index in [9.17, 15) is 8.42 Å². The van der Waals surface area contributed by atoms with Crippen molar-refractivity contribution in [2.45, 2.75) is 43.2 Å². The number of sulfonamides is 1. The highest BCUT2D eigenvalue weighted by atomic mass is 35.5. The lowest BCUT2D eigenvalue weighted by atomic mass is 10.2. The standard InChI is InChI=1S/C8H16ClNO2S/c1-2-7(9)5-6-10-13(11,12)8-3-4-8/h7-8,10H,2-6H2,1H3. The van der Waals surface area contributed by atoms with E-state index in [1.165, 1.54) is 0 Å². The van der Waals surface area contributed by atoms with E-state index in [0.29, 0.717) is 13.0 Å². The lowest BCUT2D eigenvalue weighted by Gasteiger charge is -2.07. The third-order valence-electron chi connectivity index (χ3n) is 2.17. The molecule has 5 heteroatoms. The van der Waals surface area contributed by atoms with Crippen LogP contribution in [0, 0.1) is 0 Å². The van der Waals surface area contributed by atoms with E-state index in [4.69, 9.17) is 11.6 Å². The number of hydrogen-bond donors (Lipinski definition) is 1. The van der Waals surface area contributed by atoms with Crippen LogP contribution >= 0.6 is 11.6 Å². The summed E-state index contributed by atoms with van der Waals surface area (Å²) < 4.78 is 25.2. The van der Waals surface area contributed by atoms with E-state index in [0.717, 1.165) is 19.3 Å². The molecule has 1 atom stereocenters. The summed E-state index contributed by atoms with van der Waals surface area (Å²) in [6.45, 7) is 2.47. The molecule has 1 fully saturated rings. The zero-order valence-corrected chi connectivity index (χ0v) is 9.37. The van der Waals surface area contributed by atoms with Gasteiger partial charge < -0.3 is 0 Å². The lowest BCUT2D eigenvalue weighted by Crippen LogP contribution is -2.29. The van der Waals surface area contributed by atoms with Crippen molar-refractivity contribution in [1.29, 1.82) is 0 Å². The Kier molecular flexibility index (Phi) is 4.01. The zero-order valence-electron chi connectivity index (χ0n) is 7.79. The van der Waals surface area contributed by atoms with Crippen LogP contribution in [0.4, 0.5) is 0 Å². The second-order valence-corrected chi connectivity index (χ2v) is 6.10. The molecule has 0 saturated heterocycles. The largest absolute Gasteiger partial charge is 0.215 e. The summed E-state index contributed by atoms with van der Waals surface area (Å²) in [5, 5.41) is -0.0372. The number of rotatable bonds is 6. The Hall–Kier alpha value is 0.200. The molecule has 0 bridgehead atoms. The molecule has 0 aromatic heterocycles. The first kappa shape index (κ1) is 11.3. The average Bonchev–Trinajstić information content (AvgIpc) is 2.85. The van der Waals surface area contributed by atoms with Crippen LogP contribution in [0.5, 0.6) is 0 Å². The molecule has 3 nitrogen and oxygen atoms in total. The van der Waals surface area contributed by atoms with Crippen molar-refractivity contribution in [3.8, 4) is 0 Å². The van der Waals surface area contributed by atoms with Crippen molar-refractivity contribution in [2.24, 2.45) is 0 Å². The molecule has 78 valence electrons. The van der Waals surface area contributed by atoms with E-state index in [-0.39, 0.29) is 10.6 Å². The molecular weight excluding hydrogens is 210 g/mol. The quantitative estimate of drug-likeness (QED) is 0.696. The summed E-state index contributed by atoms with van der Waals surface area (Å²) in [6.07, 6.45) is 3.22. The summed E-state index contributed by atoms with van der Waals surface area (Å²) in [4.78, 5) is 0. The van der Waals surface area contributed by atoms with Gasteiger partial charge in [0, 0.05) is 11.9 Å². The minimum atomic E-state index is -3.00. The van der Waals surface area contributed by atoms with E-state index >= 15 is 0 Å². The minimum Gasteiger partial charge on any atom is -0.215 e. The zero-order chi connectivity index (χ0) is 9.90. The number of alkyl halides is 1. The second kappa shape index (κ2) is 4.62. The molecular formula is C8H16ClNO2S. The summed E-state index contributed by atoms with van der Waals surface area (Å²) in [5.41, 5.74) is 0. The molecule has 1 saturated carbocycles. The van der Waals surface area contributed by atoms with Crippen molar-refractivity contribution >= 4 is 21.6 Å². The molecule has 0 spiro atoms. The van der Waals surface area contributed by atoms with Crippen LogP contribution in [0.1, 0.15) is 32.6 Å². The van der Waals surface area contributed by atoms with E-state index in [1.807, 2.05) is 6.92 Å². The fraction of sp³-hybridized carbons (Fsp3) is 1.00. The van der Waals surface area contributed by atoms with Crippen molar-refractivity contribution in [3.05, 3.63) is 0 Å². The Labute approximate surface area is 84.9 Å². The third kappa shape index (κ3) is 3.83. The monoisotopic (exact) mass is 225 g/mol. The first-order valence-corrected chi connectivity index (χ1v) is 6.67. The normalized spacial score (nSPS) is 20.2. The Morgan fingerprint density at radius 3 is 2.62 bits per heavy atom. The van der Waals surface area contributed by atoms with Gasteiger partial charge in [0.05, 0.1) is 5.25 Å². The smallest absolute Gasteiger partial charge is 0.214 e. The molecule has 1 unspecified atom stereocenters. The highest BCUT2D eigenvalue weighted by molar-refractivity contribution is 7.90. The molecule has 1 N–H and O–H groups in total.